The standard InChI is InChI=1S/C10H8N2O/c11-7-8-2-1-3-9(6-8)10(12)4-5-13/h1-6H,12H2/b10-4+. The minimum atomic E-state index is 0.368. The highest BCUT2D eigenvalue weighted by molar-refractivity contribution is 5.80. The van der Waals surface area contributed by atoms with Crippen LogP contribution in [-0.2, 0) is 4.79 Å². The molecule has 13 heavy (non-hydrogen) atoms. The number of hydrogen-bond donors (Lipinski definition) is 1. The normalized spacial score (nSPS) is 10.5. The third kappa shape index (κ3) is 2.17. The molecule has 0 aliphatic rings. The van der Waals surface area contributed by atoms with Crippen molar-refractivity contribution in [3.63, 3.8) is 0 Å². The van der Waals surface area contributed by atoms with Crippen molar-refractivity contribution in [2.75, 3.05) is 0 Å². The Kier molecular flexibility index (Phi) is 2.82. The van der Waals surface area contributed by atoms with Gasteiger partial charge in [-0.25, -0.2) is 0 Å². The van der Waals surface area contributed by atoms with E-state index in [2.05, 4.69) is 0 Å². The van der Waals surface area contributed by atoms with Gasteiger partial charge in [-0.1, -0.05) is 12.1 Å². The zero-order valence-corrected chi connectivity index (χ0v) is 6.90. The van der Waals surface area contributed by atoms with Gasteiger partial charge < -0.3 is 5.73 Å². The van der Waals surface area contributed by atoms with Gasteiger partial charge in [-0.3, -0.25) is 4.79 Å². The number of carbonyl (C=O) groups is 1. The Morgan fingerprint density at radius 3 is 2.92 bits per heavy atom. The molecular formula is C10H8N2O. The fourth-order valence-electron chi connectivity index (χ4n) is 0.938. The van der Waals surface area contributed by atoms with Gasteiger partial charge in [-0.2, -0.15) is 5.26 Å². The number of nitrogens with zero attached hydrogens (tertiary/aromatic N) is 1. The number of benzene rings is 1. The molecule has 0 fully saturated rings. The summed E-state index contributed by atoms with van der Waals surface area (Å²) in [5.41, 5.74) is 7.13. The van der Waals surface area contributed by atoms with Crippen LogP contribution in [0.5, 0.6) is 0 Å². The van der Waals surface area contributed by atoms with Gasteiger partial charge in [0.15, 0.2) is 0 Å². The molecule has 0 saturated heterocycles. The maximum absolute atomic E-state index is 10.1. The van der Waals surface area contributed by atoms with Crippen LogP contribution in [0, 0.1) is 11.3 Å². The van der Waals surface area contributed by atoms with Crippen LogP contribution in [0.15, 0.2) is 30.3 Å². The Morgan fingerprint density at radius 2 is 2.31 bits per heavy atom. The van der Waals surface area contributed by atoms with Gasteiger partial charge in [0.25, 0.3) is 0 Å². The molecule has 0 aliphatic heterocycles. The first-order chi connectivity index (χ1) is 6.27. The Bertz CT molecular complexity index is 388. The highest BCUT2D eigenvalue weighted by Crippen LogP contribution is 2.09. The average molecular weight is 172 g/mol. The summed E-state index contributed by atoms with van der Waals surface area (Å²) in [6.07, 6.45) is 1.88. The van der Waals surface area contributed by atoms with Crippen molar-refractivity contribution in [3.05, 3.63) is 41.5 Å². The molecule has 1 aromatic carbocycles. The molecule has 0 aromatic heterocycles. The monoisotopic (exact) mass is 172 g/mol. The molecule has 64 valence electrons. The third-order valence-corrected chi connectivity index (χ3v) is 1.57. The predicted molar refractivity (Wildman–Crippen MR) is 49.4 cm³/mol. The minimum absolute atomic E-state index is 0.368. The molecule has 0 unspecified atom stereocenters. The molecule has 2 N–H and O–H groups in total. The first-order valence-corrected chi connectivity index (χ1v) is 3.69. The number of carbonyl (C=O) groups excluding carboxylic acids is 1. The molecule has 0 aliphatic carbocycles. The lowest BCUT2D eigenvalue weighted by Crippen LogP contribution is -1.96. The Hall–Kier alpha value is -2.08. The van der Waals surface area contributed by atoms with Gasteiger partial charge in [0, 0.05) is 11.8 Å². The fourth-order valence-corrected chi connectivity index (χ4v) is 0.938. The molecular weight excluding hydrogens is 164 g/mol. The minimum Gasteiger partial charge on any atom is -0.398 e. The Morgan fingerprint density at radius 1 is 1.54 bits per heavy atom. The van der Waals surface area contributed by atoms with Crippen LogP contribution in [0.25, 0.3) is 5.70 Å². The van der Waals surface area contributed by atoms with Gasteiger partial charge in [0.2, 0.25) is 0 Å². The van der Waals surface area contributed by atoms with Crippen LogP contribution in [0.4, 0.5) is 0 Å². The second kappa shape index (κ2) is 4.07. The van der Waals surface area contributed by atoms with Gasteiger partial charge >= 0.3 is 0 Å². The van der Waals surface area contributed by atoms with E-state index < -0.39 is 0 Å². The molecule has 0 saturated carbocycles. The molecule has 0 radical (unpaired) electrons. The van der Waals surface area contributed by atoms with Gasteiger partial charge in [-0.05, 0) is 17.7 Å². The van der Waals surface area contributed by atoms with Crippen molar-refractivity contribution in [2.24, 2.45) is 5.73 Å². The van der Waals surface area contributed by atoms with Gasteiger partial charge in [0.1, 0.15) is 6.29 Å². The lowest BCUT2D eigenvalue weighted by Gasteiger charge is -1.99. The van der Waals surface area contributed by atoms with Crippen LogP contribution in [-0.4, -0.2) is 6.29 Å². The maximum Gasteiger partial charge on any atom is 0.144 e. The van der Waals surface area contributed by atoms with Crippen molar-refractivity contribution >= 4 is 12.0 Å². The summed E-state index contributed by atoms with van der Waals surface area (Å²) in [5, 5.41) is 8.59. The predicted octanol–water partition coefficient (Wildman–Crippen LogP) is 1.06. The highest BCUT2D eigenvalue weighted by atomic mass is 16.1. The molecule has 0 spiro atoms. The summed E-state index contributed by atoms with van der Waals surface area (Å²) in [4.78, 5) is 10.1. The van der Waals surface area contributed by atoms with E-state index in [4.69, 9.17) is 11.0 Å². The topological polar surface area (TPSA) is 66.9 Å². The molecule has 0 amide bonds. The number of aldehydes is 1. The number of nitrogens with two attached hydrogens (primary N) is 1. The quantitative estimate of drug-likeness (QED) is 0.535. The molecule has 0 heterocycles. The van der Waals surface area contributed by atoms with Crippen LogP contribution in [0.1, 0.15) is 11.1 Å². The summed E-state index contributed by atoms with van der Waals surface area (Å²) in [6.45, 7) is 0. The summed E-state index contributed by atoms with van der Waals surface area (Å²) >= 11 is 0. The number of nitriles is 1. The maximum atomic E-state index is 10.1. The van der Waals surface area contributed by atoms with E-state index in [1.54, 1.807) is 24.3 Å². The molecule has 0 bridgehead atoms. The lowest BCUT2D eigenvalue weighted by atomic mass is 10.1. The molecule has 3 heteroatoms. The van der Waals surface area contributed by atoms with Crippen LogP contribution in [0.3, 0.4) is 0 Å². The van der Waals surface area contributed by atoms with Crippen molar-refractivity contribution in [1.82, 2.24) is 0 Å². The van der Waals surface area contributed by atoms with E-state index in [9.17, 15) is 4.79 Å². The molecule has 3 nitrogen and oxygen atoms in total. The second-order valence-electron chi connectivity index (χ2n) is 2.45. The zero-order chi connectivity index (χ0) is 9.68. The van der Waals surface area contributed by atoms with Gasteiger partial charge in [-0.15, -0.1) is 0 Å². The number of allylic oxidation sites excluding steroid dienone is 1. The first kappa shape index (κ1) is 9.01. The van der Waals surface area contributed by atoms with Crippen LogP contribution in [0.2, 0.25) is 0 Å². The van der Waals surface area contributed by atoms with E-state index in [0.717, 1.165) is 0 Å². The molecule has 1 rings (SSSR count). The number of rotatable bonds is 2. The van der Waals surface area contributed by atoms with E-state index in [-0.39, 0.29) is 0 Å². The number of hydrogen-bond acceptors (Lipinski definition) is 3. The fraction of sp³-hybridized carbons (Fsp3) is 0. The van der Waals surface area contributed by atoms with Crippen molar-refractivity contribution in [3.8, 4) is 6.07 Å². The summed E-state index contributed by atoms with van der Waals surface area (Å²) in [6, 6.07) is 8.77. The van der Waals surface area contributed by atoms with E-state index in [0.29, 0.717) is 23.1 Å². The van der Waals surface area contributed by atoms with E-state index in [1.165, 1.54) is 6.08 Å². The third-order valence-electron chi connectivity index (χ3n) is 1.57. The van der Waals surface area contributed by atoms with Gasteiger partial charge in [0.05, 0.1) is 11.6 Å². The Balaban J connectivity index is 3.10. The lowest BCUT2D eigenvalue weighted by molar-refractivity contribution is -0.104. The Labute approximate surface area is 76.1 Å². The smallest absolute Gasteiger partial charge is 0.144 e. The summed E-state index contributed by atoms with van der Waals surface area (Å²) in [7, 11) is 0. The second-order valence-corrected chi connectivity index (χ2v) is 2.45. The van der Waals surface area contributed by atoms with Crippen molar-refractivity contribution < 1.29 is 4.79 Å². The van der Waals surface area contributed by atoms with Crippen molar-refractivity contribution in [1.29, 1.82) is 5.26 Å². The van der Waals surface area contributed by atoms with Crippen LogP contribution < -0.4 is 5.73 Å². The molecule has 1 aromatic rings. The zero-order valence-electron chi connectivity index (χ0n) is 6.90. The largest absolute Gasteiger partial charge is 0.398 e. The van der Waals surface area contributed by atoms with Crippen LogP contribution >= 0.6 is 0 Å². The highest BCUT2D eigenvalue weighted by Gasteiger charge is 1.96. The summed E-state index contributed by atoms with van der Waals surface area (Å²) in [5.74, 6) is 0. The molecule has 0 atom stereocenters. The average Bonchev–Trinajstić information content (AvgIpc) is 2.18. The van der Waals surface area contributed by atoms with E-state index in [1.807, 2.05) is 6.07 Å². The van der Waals surface area contributed by atoms with Crippen molar-refractivity contribution in [2.45, 2.75) is 0 Å². The SMILES string of the molecule is N#Cc1cccc(/C(N)=C\C=O)c1. The van der Waals surface area contributed by atoms with E-state index >= 15 is 0 Å². The first-order valence-electron chi connectivity index (χ1n) is 3.69. The summed E-state index contributed by atoms with van der Waals surface area (Å²) < 4.78 is 0.